The van der Waals surface area contributed by atoms with Crippen molar-refractivity contribution in [2.45, 2.75) is 6.42 Å². The molecule has 0 aliphatic heterocycles. The predicted octanol–water partition coefficient (Wildman–Crippen LogP) is 1.46. The van der Waals surface area contributed by atoms with Gasteiger partial charge in [0.05, 0.1) is 5.56 Å². The number of benzene rings is 1. The highest BCUT2D eigenvalue weighted by atomic mass is 35.5. The van der Waals surface area contributed by atoms with Crippen LogP contribution in [0.1, 0.15) is 16.8 Å². The number of aromatic hydroxyl groups is 2. The third-order valence-electron chi connectivity index (χ3n) is 1.82. The van der Waals surface area contributed by atoms with Gasteiger partial charge in [0.15, 0.2) is 0 Å². The van der Waals surface area contributed by atoms with Crippen LogP contribution >= 0.6 is 11.6 Å². The van der Waals surface area contributed by atoms with Gasteiger partial charge in [-0.2, -0.15) is 0 Å². The highest BCUT2D eigenvalue weighted by Crippen LogP contribution is 2.21. The van der Waals surface area contributed by atoms with Crippen LogP contribution in [0.25, 0.3) is 0 Å². The Morgan fingerprint density at radius 3 is 2.80 bits per heavy atom. The molecule has 1 aromatic carbocycles. The van der Waals surface area contributed by atoms with Gasteiger partial charge in [0.25, 0.3) is 5.91 Å². The number of hydrogen-bond donors (Lipinski definition) is 3. The maximum Gasteiger partial charge on any atom is 0.255 e. The number of halogens is 1. The fourth-order valence-electron chi connectivity index (χ4n) is 1.07. The van der Waals surface area contributed by atoms with Gasteiger partial charge in [-0.25, -0.2) is 0 Å². The summed E-state index contributed by atoms with van der Waals surface area (Å²) in [5.41, 5.74) is 0.0598. The van der Waals surface area contributed by atoms with Crippen LogP contribution in [0.4, 0.5) is 0 Å². The van der Waals surface area contributed by atoms with Crippen molar-refractivity contribution in [3.05, 3.63) is 23.8 Å². The van der Waals surface area contributed by atoms with E-state index in [-0.39, 0.29) is 17.1 Å². The van der Waals surface area contributed by atoms with E-state index in [9.17, 15) is 9.90 Å². The molecule has 1 amide bonds. The molecular formula is C10H12ClNO3. The lowest BCUT2D eigenvalue weighted by Gasteiger charge is -2.06. The molecule has 0 aliphatic rings. The van der Waals surface area contributed by atoms with Gasteiger partial charge in [0, 0.05) is 12.4 Å². The number of phenols is 2. The minimum atomic E-state index is -0.423. The van der Waals surface area contributed by atoms with Gasteiger partial charge in [0.2, 0.25) is 0 Å². The van der Waals surface area contributed by atoms with Crippen molar-refractivity contribution in [3.8, 4) is 11.5 Å². The third-order valence-corrected chi connectivity index (χ3v) is 2.09. The maximum atomic E-state index is 11.5. The fraction of sp³-hybridized carbons (Fsp3) is 0.300. The van der Waals surface area contributed by atoms with E-state index in [1.165, 1.54) is 18.2 Å². The topological polar surface area (TPSA) is 69.6 Å². The van der Waals surface area contributed by atoms with Crippen molar-refractivity contribution in [2.75, 3.05) is 12.4 Å². The van der Waals surface area contributed by atoms with Crippen LogP contribution in [-0.2, 0) is 0 Å². The molecule has 0 saturated carbocycles. The van der Waals surface area contributed by atoms with Crippen molar-refractivity contribution < 1.29 is 15.0 Å². The molecule has 0 aliphatic carbocycles. The molecule has 0 radical (unpaired) electrons. The van der Waals surface area contributed by atoms with E-state index in [1.54, 1.807) is 0 Å². The third kappa shape index (κ3) is 3.32. The Hall–Kier alpha value is -1.42. The lowest BCUT2D eigenvalue weighted by Crippen LogP contribution is -2.24. The second kappa shape index (κ2) is 5.46. The largest absolute Gasteiger partial charge is 0.508 e. The molecule has 4 nitrogen and oxygen atoms in total. The van der Waals surface area contributed by atoms with Crippen LogP contribution in [0.15, 0.2) is 18.2 Å². The molecule has 0 spiro atoms. The molecule has 3 N–H and O–H groups in total. The summed E-state index contributed by atoms with van der Waals surface area (Å²) in [4.78, 5) is 11.5. The number of amides is 1. The predicted molar refractivity (Wildman–Crippen MR) is 57.4 cm³/mol. The van der Waals surface area contributed by atoms with Crippen LogP contribution in [0.2, 0.25) is 0 Å². The fourth-order valence-corrected chi connectivity index (χ4v) is 1.20. The van der Waals surface area contributed by atoms with E-state index in [0.29, 0.717) is 18.8 Å². The molecule has 0 unspecified atom stereocenters. The zero-order chi connectivity index (χ0) is 11.3. The molecule has 5 heteroatoms. The van der Waals surface area contributed by atoms with Crippen molar-refractivity contribution in [3.63, 3.8) is 0 Å². The number of rotatable bonds is 4. The molecule has 0 heterocycles. The van der Waals surface area contributed by atoms with Gasteiger partial charge < -0.3 is 15.5 Å². The maximum absolute atomic E-state index is 11.5. The molecule has 15 heavy (non-hydrogen) atoms. The van der Waals surface area contributed by atoms with Crippen molar-refractivity contribution >= 4 is 17.5 Å². The van der Waals surface area contributed by atoms with E-state index in [0.717, 1.165) is 0 Å². The number of alkyl halides is 1. The first-order chi connectivity index (χ1) is 7.15. The van der Waals surface area contributed by atoms with Gasteiger partial charge in [-0.3, -0.25) is 4.79 Å². The average molecular weight is 230 g/mol. The van der Waals surface area contributed by atoms with E-state index in [4.69, 9.17) is 16.7 Å². The Morgan fingerprint density at radius 1 is 1.40 bits per heavy atom. The van der Waals surface area contributed by atoms with Crippen molar-refractivity contribution in [1.29, 1.82) is 0 Å². The van der Waals surface area contributed by atoms with Crippen molar-refractivity contribution in [2.24, 2.45) is 0 Å². The summed E-state index contributed by atoms with van der Waals surface area (Å²) in [5, 5.41) is 21.1. The lowest BCUT2D eigenvalue weighted by atomic mass is 10.2. The summed E-state index contributed by atoms with van der Waals surface area (Å²) in [7, 11) is 0. The summed E-state index contributed by atoms with van der Waals surface area (Å²) < 4.78 is 0. The summed E-state index contributed by atoms with van der Waals surface area (Å²) in [5.74, 6) is -0.174. The molecular weight excluding hydrogens is 218 g/mol. The second-order valence-electron chi connectivity index (χ2n) is 3.00. The Labute approximate surface area is 92.5 Å². The minimum absolute atomic E-state index is 0.0598. The van der Waals surface area contributed by atoms with Gasteiger partial charge in [-0.05, 0) is 24.6 Å². The highest BCUT2D eigenvalue weighted by molar-refractivity contribution is 6.17. The molecule has 0 fully saturated rings. The Kier molecular flexibility index (Phi) is 4.24. The molecule has 0 atom stereocenters. The summed E-state index contributed by atoms with van der Waals surface area (Å²) in [6, 6.07) is 3.79. The van der Waals surface area contributed by atoms with Crippen LogP contribution in [0.3, 0.4) is 0 Å². The van der Waals surface area contributed by atoms with E-state index in [1.807, 2.05) is 0 Å². The molecule has 1 aromatic rings. The molecule has 0 bridgehead atoms. The summed E-state index contributed by atoms with van der Waals surface area (Å²) in [6.45, 7) is 0.442. The first-order valence-electron chi connectivity index (χ1n) is 4.51. The molecule has 0 aromatic heterocycles. The molecule has 82 valence electrons. The summed E-state index contributed by atoms with van der Waals surface area (Å²) in [6.07, 6.45) is 0.660. The average Bonchev–Trinajstić information content (AvgIpc) is 2.22. The molecule has 1 rings (SSSR count). The standard InChI is InChI=1S/C10H12ClNO3/c11-4-1-5-12-10(15)8-6-7(13)2-3-9(8)14/h2-3,6,13-14H,1,4-5H2,(H,12,15). The number of carbonyl (C=O) groups is 1. The van der Waals surface area contributed by atoms with Crippen LogP contribution < -0.4 is 5.32 Å². The first kappa shape index (κ1) is 11.7. The zero-order valence-electron chi connectivity index (χ0n) is 8.03. The number of carbonyl (C=O) groups excluding carboxylic acids is 1. The zero-order valence-corrected chi connectivity index (χ0v) is 8.79. The van der Waals surface area contributed by atoms with E-state index >= 15 is 0 Å². The Bertz CT molecular complexity index is 355. The second-order valence-corrected chi connectivity index (χ2v) is 3.38. The Morgan fingerprint density at radius 2 is 2.13 bits per heavy atom. The normalized spacial score (nSPS) is 9.93. The SMILES string of the molecule is O=C(NCCCCl)c1cc(O)ccc1O. The lowest BCUT2D eigenvalue weighted by molar-refractivity contribution is 0.0950. The van der Waals surface area contributed by atoms with Crippen LogP contribution in [0, 0.1) is 0 Å². The van der Waals surface area contributed by atoms with Crippen LogP contribution in [-0.4, -0.2) is 28.5 Å². The first-order valence-corrected chi connectivity index (χ1v) is 5.04. The van der Waals surface area contributed by atoms with Gasteiger partial charge in [0.1, 0.15) is 11.5 Å². The van der Waals surface area contributed by atoms with E-state index < -0.39 is 5.91 Å². The van der Waals surface area contributed by atoms with Gasteiger partial charge >= 0.3 is 0 Å². The monoisotopic (exact) mass is 229 g/mol. The summed E-state index contributed by atoms with van der Waals surface area (Å²) >= 11 is 5.45. The minimum Gasteiger partial charge on any atom is -0.508 e. The number of phenolic OH excluding ortho intramolecular Hbond substituents is 2. The van der Waals surface area contributed by atoms with E-state index in [2.05, 4.69) is 5.32 Å². The number of nitrogens with one attached hydrogen (secondary N) is 1. The Balaban J connectivity index is 2.68. The van der Waals surface area contributed by atoms with Gasteiger partial charge in [-0.1, -0.05) is 0 Å². The smallest absolute Gasteiger partial charge is 0.255 e. The highest BCUT2D eigenvalue weighted by Gasteiger charge is 2.10. The number of hydrogen-bond acceptors (Lipinski definition) is 3. The quantitative estimate of drug-likeness (QED) is 0.416. The van der Waals surface area contributed by atoms with Gasteiger partial charge in [-0.15, -0.1) is 11.6 Å². The molecule has 0 saturated heterocycles. The van der Waals surface area contributed by atoms with Crippen LogP contribution in [0.5, 0.6) is 11.5 Å². The van der Waals surface area contributed by atoms with Crippen molar-refractivity contribution in [1.82, 2.24) is 5.32 Å².